The second-order valence-electron chi connectivity index (χ2n) is 4.74. The molecule has 2 N–H and O–H groups in total. The van der Waals surface area contributed by atoms with Crippen molar-refractivity contribution in [3.8, 4) is 5.75 Å². The molecule has 4 nitrogen and oxygen atoms in total. The van der Waals surface area contributed by atoms with Crippen molar-refractivity contribution in [2.45, 2.75) is 38.8 Å². The molecule has 2 unspecified atom stereocenters. The van der Waals surface area contributed by atoms with Gasteiger partial charge in [0.15, 0.2) is 0 Å². The van der Waals surface area contributed by atoms with E-state index in [1.807, 2.05) is 31.2 Å². The minimum atomic E-state index is -0.502. The van der Waals surface area contributed by atoms with Gasteiger partial charge in [-0.2, -0.15) is 0 Å². The molecule has 114 valence electrons. The van der Waals surface area contributed by atoms with E-state index in [9.17, 15) is 5.11 Å². The van der Waals surface area contributed by atoms with Crippen molar-refractivity contribution in [2.24, 2.45) is 0 Å². The van der Waals surface area contributed by atoms with Gasteiger partial charge in [0.1, 0.15) is 5.75 Å². The zero-order valence-electron chi connectivity index (χ0n) is 12.8. The molecule has 20 heavy (non-hydrogen) atoms. The van der Waals surface area contributed by atoms with E-state index in [1.54, 1.807) is 7.11 Å². The maximum absolute atomic E-state index is 10.4. The summed E-state index contributed by atoms with van der Waals surface area (Å²) < 4.78 is 10.4. The van der Waals surface area contributed by atoms with Crippen LogP contribution in [0.4, 0.5) is 0 Å². The summed E-state index contributed by atoms with van der Waals surface area (Å²) in [4.78, 5) is 0. The van der Waals surface area contributed by atoms with Crippen LogP contribution in [0.5, 0.6) is 5.75 Å². The number of nitrogens with one attached hydrogen (secondary N) is 1. The zero-order valence-corrected chi connectivity index (χ0v) is 12.8. The largest absolute Gasteiger partial charge is 0.497 e. The van der Waals surface area contributed by atoms with Crippen molar-refractivity contribution in [3.05, 3.63) is 29.8 Å². The number of hydrogen-bond acceptors (Lipinski definition) is 4. The highest BCUT2D eigenvalue weighted by atomic mass is 16.5. The van der Waals surface area contributed by atoms with Crippen molar-refractivity contribution in [1.82, 2.24) is 5.32 Å². The van der Waals surface area contributed by atoms with Gasteiger partial charge in [-0.05, 0) is 44.0 Å². The average molecular weight is 281 g/mol. The van der Waals surface area contributed by atoms with Gasteiger partial charge in [0.25, 0.3) is 0 Å². The third-order valence-corrected chi connectivity index (χ3v) is 3.35. The van der Waals surface area contributed by atoms with Gasteiger partial charge < -0.3 is 19.9 Å². The molecule has 0 aliphatic carbocycles. The fourth-order valence-electron chi connectivity index (χ4n) is 2.12. The molecule has 4 heteroatoms. The van der Waals surface area contributed by atoms with E-state index < -0.39 is 6.10 Å². The molecular weight excluding hydrogens is 254 g/mol. The molecule has 0 aliphatic rings. The van der Waals surface area contributed by atoms with E-state index in [0.29, 0.717) is 0 Å². The van der Waals surface area contributed by atoms with Gasteiger partial charge >= 0.3 is 0 Å². The van der Waals surface area contributed by atoms with Crippen LogP contribution in [-0.2, 0) is 4.74 Å². The summed E-state index contributed by atoms with van der Waals surface area (Å²) in [5.41, 5.74) is 0.912. The fraction of sp³-hybridized carbons (Fsp3) is 0.625. The Kier molecular flexibility index (Phi) is 8.26. The Bertz CT molecular complexity index is 353. The van der Waals surface area contributed by atoms with Crippen LogP contribution in [0.1, 0.15) is 38.4 Å². The molecule has 0 bridgehead atoms. The second-order valence-corrected chi connectivity index (χ2v) is 4.74. The van der Waals surface area contributed by atoms with Crippen LogP contribution < -0.4 is 10.1 Å². The number of benzene rings is 1. The second kappa shape index (κ2) is 9.75. The first kappa shape index (κ1) is 17.0. The van der Waals surface area contributed by atoms with Crippen LogP contribution in [0.3, 0.4) is 0 Å². The Hall–Kier alpha value is -1.10. The van der Waals surface area contributed by atoms with Gasteiger partial charge in [-0.1, -0.05) is 19.1 Å². The summed E-state index contributed by atoms with van der Waals surface area (Å²) in [5.74, 6) is 0.804. The SMILES string of the molecule is CCOCCCNC(CC)C(O)c1ccc(OC)cc1. The third kappa shape index (κ3) is 5.49. The Labute approximate surface area is 122 Å². The van der Waals surface area contributed by atoms with Crippen LogP contribution in [0.25, 0.3) is 0 Å². The highest BCUT2D eigenvalue weighted by molar-refractivity contribution is 5.29. The monoisotopic (exact) mass is 281 g/mol. The number of aliphatic hydroxyl groups is 1. The molecular formula is C16H27NO3. The van der Waals surface area contributed by atoms with Gasteiger partial charge in [-0.15, -0.1) is 0 Å². The first-order chi connectivity index (χ1) is 9.72. The number of ether oxygens (including phenoxy) is 2. The summed E-state index contributed by atoms with van der Waals surface area (Å²) in [6, 6.07) is 7.63. The van der Waals surface area contributed by atoms with E-state index >= 15 is 0 Å². The van der Waals surface area contributed by atoms with Crippen LogP contribution in [-0.4, -0.2) is 38.0 Å². The number of rotatable bonds is 10. The van der Waals surface area contributed by atoms with Crippen molar-refractivity contribution in [2.75, 3.05) is 26.9 Å². The molecule has 0 fully saturated rings. The van der Waals surface area contributed by atoms with Crippen molar-refractivity contribution >= 4 is 0 Å². The summed E-state index contributed by atoms with van der Waals surface area (Å²) >= 11 is 0. The molecule has 0 saturated carbocycles. The van der Waals surface area contributed by atoms with E-state index in [-0.39, 0.29) is 6.04 Å². The molecule has 0 saturated heterocycles. The highest BCUT2D eigenvalue weighted by Crippen LogP contribution is 2.21. The van der Waals surface area contributed by atoms with Crippen LogP contribution >= 0.6 is 0 Å². The third-order valence-electron chi connectivity index (χ3n) is 3.35. The molecule has 1 aromatic rings. The molecule has 0 aliphatic heterocycles. The molecule has 0 heterocycles. The Balaban J connectivity index is 2.46. The van der Waals surface area contributed by atoms with E-state index in [1.165, 1.54) is 0 Å². The standard InChI is InChI=1S/C16H27NO3/c1-4-15(17-11-6-12-20-5-2)16(18)13-7-9-14(19-3)10-8-13/h7-10,15-18H,4-6,11-12H2,1-3H3. The van der Waals surface area contributed by atoms with Crippen LogP contribution in [0.2, 0.25) is 0 Å². The predicted molar refractivity (Wildman–Crippen MR) is 81.1 cm³/mol. The molecule has 1 rings (SSSR count). The Morgan fingerprint density at radius 1 is 1.20 bits per heavy atom. The van der Waals surface area contributed by atoms with E-state index in [0.717, 1.165) is 43.9 Å². The lowest BCUT2D eigenvalue weighted by atomic mass is 10.00. The quantitative estimate of drug-likeness (QED) is 0.647. The van der Waals surface area contributed by atoms with Gasteiger partial charge in [0, 0.05) is 19.3 Å². The Morgan fingerprint density at radius 3 is 2.45 bits per heavy atom. The van der Waals surface area contributed by atoms with Gasteiger partial charge in [-0.25, -0.2) is 0 Å². The first-order valence-electron chi connectivity index (χ1n) is 7.36. The van der Waals surface area contributed by atoms with Gasteiger partial charge in [-0.3, -0.25) is 0 Å². The number of methoxy groups -OCH3 is 1. The average Bonchev–Trinajstić information content (AvgIpc) is 2.50. The lowest BCUT2D eigenvalue weighted by Crippen LogP contribution is -2.35. The molecule has 2 atom stereocenters. The maximum atomic E-state index is 10.4. The van der Waals surface area contributed by atoms with E-state index in [2.05, 4.69) is 12.2 Å². The normalized spacial score (nSPS) is 14.0. The molecule has 0 radical (unpaired) electrons. The summed E-state index contributed by atoms with van der Waals surface area (Å²) in [6.45, 7) is 6.44. The fourth-order valence-corrected chi connectivity index (χ4v) is 2.12. The maximum Gasteiger partial charge on any atom is 0.118 e. The molecule has 0 spiro atoms. The lowest BCUT2D eigenvalue weighted by molar-refractivity contribution is 0.118. The Morgan fingerprint density at radius 2 is 1.90 bits per heavy atom. The molecule has 0 aromatic heterocycles. The smallest absolute Gasteiger partial charge is 0.118 e. The summed E-state index contributed by atoms with van der Waals surface area (Å²) in [7, 11) is 1.64. The van der Waals surface area contributed by atoms with Crippen molar-refractivity contribution in [1.29, 1.82) is 0 Å². The lowest BCUT2D eigenvalue weighted by Gasteiger charge is -2.23. The number of hydrogen-bond donors (Lipinski definition) is 2. The molecule has 1 aromatic carbocycles. The number of aliphatic hydroxyl groups excluding tert-OH is 1. The van der Waals surface area contributed by atoms with Crippen LogP contribution in [0, 0.1) is 0 Å². The predicted octanol–water partition coefficient (Wildman–Crippen LogP) is 2.52. The van der Waals surface area contributed by atoms with Crippen molar-refractivity contribution < 1.29 is 14.6 Å². The minimum absolute atomic E-state index is 0.0602. The summed E-state index contributed by atoms with van der Waals surface area (Å²) in [6.07, 6.45) is 1.33. The minimum Gasteiger partial charge on any atom is -0.497 e. The van der Waals surface area contributed by atoms with Crippen molar-refractivity contribution in [3.63, 3.8) is 0 Å². The summed E-state index contributed by atoms with van der Waals surface area (Å²) in [5, 5.41) is 13.8. The van der Waals surface area contributed by atoms with Gasteiger partial charge in [0.2, 0.25) is 0 Å². The van der Waals surface area contributed by atoms with E-state index in [4.69, 9.17) is 9.47 Å². The highest BCUT2D eigenvalue weighted by Gasteiger charge is 2.18. The molecule has 0 amide bonds. The first-order valence-corrected chi connectivity index (χ1v) is 7.36. The van der Waals surface area contributed by atoms with Gasteiger partial charge in [0.05, 0.1) is 13.2 Å². The zero-order chi connectivity index (χ0) is 14.8. The van der Waals surface area contributed by atoms with Crippen LogP contribution in [0.15, 0.2) is 24.3 Å². The topological polar surface area (TPSA) is 50.7 Å².